The summed E-state index contributed by atoms with van der Waals surface area (Å²) >= 11 is 1.23. The summed E-state index contributed by atoms with van der Waals surface area (Å²) in [5.74, 6) is -1.56. The summed E-state index contributed by atoms with van der Waals surface area (Å²) < 4.78 is 0. The van der Waals surface area contributed by atoms with Gasteiger partial charge in [0.2, 0.25) is 5.91 Å². The molecule has 0 spiro atoms. The first-order chi connectivity index (χ1) is 9.99. The van der Waals surface area contributed by atoms with Gasteiger partial charge >= 0.3 is 5.97 Å². The molecule has 0 saturated carbocycles. The summed E-state index contributed by atoms with van der Waals surface area (Å²) in [7, 11) is 0. The highest BCUT2D eigenvalue weighted by Crippen LogP contribution is 2.20. The molecular weight excluding hydrogens is 292 g/mol. The van der Waals surface area contributed by atoms with E-state index in [4.69, 9.17) is 5.11 Å². The fraction of sp³-hybridized carbons (Fsp3) is 0.357. The number of amides is 2. The first-order valence-corrected chi connectivity index (χ1v) is 7.42. The maximum Gasteiger partial charge on any atom is 0.328 e. The number of hydrogen-bond acceptors (Lipinski definition) is 4. The van der Waals surface area contributed by atoms with Gasteiger partial charge in [-0.1, -0.05) is 0 Å². The summed E-state index contributed by atoms with van der Waals surface area (Å²) in [5, 5.41) is 13.0. The van der Waals surface area contributed by atoms with Crippen molar-refractivity contribution in [2.24, 2.45) is 0 Å². The third kappa shape index (κ3) is 5.03. The highest BCUT2D eigenvalue weighted by Gasteiger charge is 2.20. The van der Waals surface area contributed by atoms with E-state index in [-0.39, 0.29) is 18.4 Å². The van der Waals surface area contributed by atoms with Crippen molar-refractivity contribution in [1.82, 2.24) is 10.2 Å². The molecule has 0 bridgehead atoms. The van der Waals surface area contributed by atoms with Crippen molar-refractivity contribution in [3.63, 3.8) is 0 Å². The average Bonchev–Trinajstić information content (AvgIpc) is 2.90. The number of carbonyl (C=O) groups excluding carboxylic acids is 2. The van der Waals surface area contributed by atoms with Crippen molar-refractivity contribution in [3.05, 3.63) is 28.0 Å². The number of likely N-dealkylation sites (N-methyl/N-ethyl adjacent to an activating group) is 2. The Morgan fingerprint density at radius 3 is 2.67 bits per heavy atom. The van der Waals surface area contributed by atoms with Crippen LogP contribution < -0.4 is 5.32 Å². The predicted octanol–water partition coefficient (Wildman–Crippen LogP) is 1.44. The molecule has 2 amide bonds. The molecule has 0 atom stereocenters. The Kier molecular flexibility index (Phi) is 6.61. The number of hydrogen-bond donors (Lipinski definition) is 2. The fourth-order valence-corrected chi connectivity index (χ4v) is 2.54. The van der Waals surface area contributed by atoms with Gasteiger partial charge in [-0.3, -0.25) is 9.59 Å². The first-order valence-electron chi connectivity index (χ1n) is 6.54. The van der Waals surface area contributed by atoms with E-state index >= 15 is 0 Å². The molecule has 0 radical (unpaired) electrons. The van der Waals surface area contributed by atoms with Crippen molar-refractivity contribution in [2.75, 3.05) is 19.6 Å². The number of rotatable bonds is 7. The number of nitrogens with zero attached hydrogens (tertiary/aromatic N) is 1. The second kappa shape index (κ2) is 8.21. The maximum absolute atomic E-state index is 12.4. The van der Waals surface area contributed by atoms with Crippen LogP contribution in [0.1, 0.15) is 29.1 Å². The minimum absolute atomic E-state index is 0.0108. The van der Waals surface area contributed by atoms with Gasteiger partial charge < -0.3 is 15.3 Å². The second-order valence-corrected chi connectivity index (χ2v) is 5.07. The summed E-state index contributed by atoms with van der Waals surface area (Å²) in [6.07, 6.45) is 2.37. The smallest absolute Gasteiger partial charge is 0.328 e. The molecule has 0 aliphatic rings. The Hall–Kier alpha value is -2.15. The van der Waals surface area contributed by atoms with Crippen LogP contribution in [-0.4, -0.2) is 47.4 Å². The van der Waals surface area contributed by atoms with Crippen molar-refractivity contribution >= 4 is 35.2 Å². The fourth-order valence-electron chi connectivity index (χ4n) is 1.68. The van der Waals surface area contributed by atoms with E-state index in [1.54, 1.807) is 18.4 Å². The van der Waals surface area contributed by atoms with Gasteiger partial charge in [0.1, 0.15) is 0 Å². The van der Waals surface area contributed by atoms with Crippen molar-refractivity contribution in [1.29, 1.82) is 0 Å². The predicted molar refractivity (Wildman–Crippen MR) is 81.3 cm³/mol. The summed E-state index contributed by atoms with van der Waals surface area (Å²) in [5.41, 5.74) is 0.543. The molecule has 0 aromatic carbocycles. The van der Waals surface area contributed by atoms with Crippen LogP contribution in [0.4, 0.5) is 0 Å². The summed E-state index contributed by atoms with van der Waals surface area (Å²) in [4.78, 5) is 36.4. The molecule has 0 aliphatic carbocycles. The van der Waals surface area contributed by atoms with Gasteiger partial charge in [0.15, 0.2) is 0 Å². The van der Waals surface area contributed by atoms with Crippen LogP contribution in [0.15, 0.2) is 17.5 Å². The molecule has 0 aliphatic heterocycles. The zero-order valence-electron chi connectivity index (χ0n) is 12.0. The topological polar surface area (TPSA) is 86.7 Å². The lowest BCUT2D eigenvalue weighted by Gasteiger charge is -2.19. The van der Waals surface area contributed by atoms with Crippen LogP contribution in [0.3, 0.4) is 0 Å². The monoisotopic (exact) mass is 310 g/mol. The molecule has 114 valence electrons. The number of carboxylic acid groups (broad SMARTS) is 1. The maximum atomic E-state index is 12.4. The quantitative estimate of drug-likeness (QED) is 0.746. The Bertz CT molecular complexity index is 551. The number of aliphatic carboxylic acids is 1. The summed E-state index contributed by atoms with van der Waals surface area (Å²) in [6, 6.07) is 1.68. The molecule has 7 heteroatoms. The van der Waals surface area contributed by atoms with E-state index in [1.165, 1.54) is 22.3 Å². The number of nitrogens with one attached hydrogen (secondary N) is 1. The van der Waals surface area contributed by atoms with E-state index < -0.39 is 5.97 Å². The average molecular weight is 310 g/mol. The summed E-state index contributed by atoms with van der Waals surface area (Å²) in [6.45, 7) is 4.50. The molecule has 1 heterocycles. The van der Waals surface area contributed by atoms with Crippen LogP contribution in [0.5, 0.6) is 0 Å². The van der Waals surface area contributed by atoms with E-state index in [2.05, 4.69) is 5.32 Å². The van der Waals surface area contributed by atoms with Gasteiger partial charge in [0.25, 0.3) is 5.91 Å². The molecule has 21 heavy (non-hydrogen) atoms. The zero-order valence-corrected chi connectivity index (χ0v) is 12.8. The van der Waals surface area contributed by atoms with Crippen molar-refractivity contribution < 1.29 is 19.5 Å². The van der Waals surface area contributed by atoms with Crippen LogP contribution in [0.25, 0.3) is 6.08 Å². The molecule has 6 nitrogen and oxygen atoms in total. The molecule has 0 saturated heterocycles. The second-order valence-electron chi connectivity index (χ2n) is 4.15. The van der Waals surface area contributed by atoms with Crippen LogP contribution in [0, 0.1) is 0 Å². The molecule has 0 fully saturated rings. The van der Waals surface area contributed by atoms with Gasteiger partial charge in [0.05, 0.1) is 11.4 Å². The van der Waals surface area contributed by atoms with E-state index in [1.807, 2.05) is 6.92 Å². The lowest BCUT2D eigenvalue weighted by Crippen LogP contribution is -2.40. The van der Waals surface area contributed by atoms with E-state index in [0.717, 1.165) is 6.08 Å². The highest BCUT2D eigenvalue weighted by atomic mass is 32.1. The van der Waals surface area contributed by atoms with Crippen LogP contribution in [-0.2, 0) is 9.59 Å². The van der Waals surface area contributed by atoms with Gasteiger partial charge in [0, 0.05) is 19.2 Å². The zero-order chi connectivity index (χ0) is 15.8. The Balaban J connectivity index is 2.88. The van der Waals surface area contributed by atoms with Gasteiger partial charge in [-0.2, -0.15) is 0 Å². The van der Waals surface area contributed by atoms with Gasteiger partial charge in [-0.15, -0.1) is 11.3 Å². The molecule has 1 aromatic heterocycles. The van der Waals surface area contributed by atoms with Crippen molar-refractivity contribution in [3.8, 4) is 0 Å². The van der Waals surface area contributed by atoms with E-state index in [0.29, 0.717) is 23.5 Å². The Morgan fingerprint density at radius 1 is 1.38 bits per heavy atom. The van der Waals surface area contributed by atoms with Gasteiger partial charge in [-0.05, 0) is 36.9 Å². The third-order valence-corrected chi connectivity index (χ3v) is 3.59. The Morgan fingerprint density at radius 2 is 2.10 bits per heavy atom. The molecular formula is C14H18N2O4S. The molecule has 1 aromatic rings. The minimum Gasteiger partial charge on any atom is -0.478 e. The van der Waals surface area contributed by atoms with Gasteiger partial charge in [-0.25, -0.2) is 4.79 Å². The number of carboxylic acids is 1. The number of thiophene rings is 1. The van der Waals surface area contributed by atoms with E-state index in [9.17, 15) is 14.4 Å². The van der Waals surface area contributed by atoms with Crippen LogP contribution >= 0.6 is 11.3 Å². The normalized spacial score (nSPS) is 10.6. The largest absolute Gasteiger partial charge is 0.478 e. The third-order valence-electron chi connectivity index (χ3n) is 2.67. The highest BCUT2D eigenvalue weighted by molar-refractivity contribution is 7.12. The number of carbonyl (C=O) groups is 3. The lowest BCUT2D eigenvalue weighted by molar-refractivity contribution is -0.131. The minimum atomic E-state index is -1.07. The standard InChI is InChI=1S/C14H18N2O4S/c1-3-15-11(17)9-16(4-2)14(20)13-10(7-8-21-13)5-6-12(18)19/h5-8H,3-4,9H2,1-2H3,(H,15,17)(H,18,19). The molecule has 1 rings (SSSR count). The Labute approximate surface area is 127 Å². The SMILES string of the molecule is CCNC(=O)CN(CC)C(=O)c1sccc1C=CC(=O)O. The van der Waals surface area contributed by atoms with Crippen LogP contribution in [0.2, 0.25) is 0 Å². The lowest BCUT2D eigenvalue weighted by atomic mass is 10.2. The molecule has 0 unspecified atom stereocenters. The van der Waals surface area contributed by atoms with Crippen molar-refractivity contribution in [2.45, 2.75) is 13.8 Å². The first kappa shape index (κ1) is 16.9. The molecule has 2 N–H and O–H groups in total.